The number of benzene rings is 2. The number of hydrogen-bond acceptors (Lipinski definition) is 6. The number of rotatable bonds is 3. The van der Waals surface area contributed by atoms with Crippen LogP contribution < -0.4 is 4.90 Å². The average Bonchev–Trinajstić information content (AvgIpc) is 3.32. The molecule has 4 aromatic rings. The van der Waals surface area contributed by atoms with Crippen molar-refractivity contribution < 1.29 is 19.1 Å². The van der Waals surface area contributed by atoms with Crippen molar-refractivity contribution in [3.8, 4) is 0 Å². The summed E-state index contributed by atoms with van der Waals surface area (Å²) in [5.41, 5.74) is 1.20. The van der Waals surface area contributed by atoms with Gasteiger partial charge in [0, 0.05) is 22.4 Å². The number of hydrogen-bond donors (Lipinski definition) is 1. The molecule has 1 N–H and O–H groups in total. The normalized spacial score (nSPS) is 17.8. The SMILES string of the molecule is O=C1C(=O)N(c2nc3cc(Cl)c(F)cc3s2)C(c2cccnc2)/C1=C(\O)c1ccc(Br)cc1. The molecule has 2 aromatic carbocycles. The largest absolute Gasteiger partial charge is 0.507 e. The Labute approximate surface area is 204 Å². The fourth-order valence-corrected chi connectivity index (χ4v) is 5.08. The summed E-state index contributed by atoms with van der Waals surface area (Å²) < 4.78 is 15.2. The summed E-state index contributed by atoms with van der Waals surface area (Å²) in [7, 11) is 0. The second-order valence-electron chi connectivity index (χ2n) is 7.19. The van der Waals surface area contributed by atoms with Crippen molar-refractivity contribution in [3.63, 3.8) is 0 Å². The Hall–Kier alpha value is -3.14. The molecule has 0 saturated carbocycles. The zero-order valence-corrected chi connectivity index (χ0v) is 19.7. The molecular formula is C23H12BrClFN3O3S. The van der Waals surface area contributed by atoms with Crippen LogP contribution in [0.1, 0.15) is 17.2 Å². The van der Waals surface area contributed by atoms with E-state index in [0.717, 1.165) is 15.8 Å². The zero-order chi connectivity index (χ0) is 23.3. The molecule has 164 valence electrons. The zero-order valence-electron chi connectivity index (χ0n) is 16.5. The fraction of sp³-hybridized carbons (Fsp3) is 0.0435. The highest BCUT2D eigenvalue weighted by atomic mass is 79.9. The molecule has 1 aliphatic heterocycles. The summed E-state index contributed by atoms with van der Waals surface area (Å²) in [5.74, 6) is -2.63. The van der Waals surface area contributed by atoms with Gasteiger partial charge in [-0.1, -0.05) is 57.1 Å². The molecule has 1 unspecified atom stereocenters. The lowest BCUT2D eigenvalue weighted by Crippen LogP contribution is -2.29. The van der Waals surface area contributed by atoms with Gasteiger partial charge >= 0.3 is 5.91 Å². The van der Waals surface area contributed by atoms with Gasteiger partial charge in [0.25, 0.3) is 5.78 Å². The third-order valence-corrected chi connectivity index (χ3v) is 7.02. The number of aliphatic hydroxyl groups is 1. The van der Waals surface area contributed by atoms with E-state index in [-0.39, 0.29) is 21.5 Å². The molecule has 1 amide bonds. The summed E-state index contributed by atoms with van der Waals surface area (Å²) in [6, 6.07) is 11.7. The van der Waals surface area contributed by atoms with Crippen LogP contribution in [0.5, 0.6) is 0 Å². The summed E-state index contributed by atoms with van der Waals surface area (Å²) in [6.07, 6.45) is 3.08. The topological polar surface area (TPSA) is 83.4 Å². The van der Waals surface area contributed by atoms with Gasteiger partial charge in [-0.2, -0.15) is 0 Å². The first-order valence-corrected chi connectivity index (χ1v) is 11.6. The number of nitrogens with zero attached hydrogens (tertiary/aromatic N) is 3. The van der Waals surface area contributed by atoms with Crippen LogP contribution in [0.15, 0.2) is 71.0 Å². The number of pyridine rings is 1. The number of carbonyl (C=O) groups is 2. The molecule has 0 aliphatic carbocycles. The Bertz CT molecular complexity index is 1420. The first-order valence-electron chi connectivity index (χ1n) is 9.57. The van der Waals surface area contributed by atoms with Crippen molar-refractivity contribution in [2.75, 3.05) is 4.90 Å². The first kappa shape index (κ1) is 21.7. The predicted molar refractivity (Wildman–Crippen MR) is 128 cm³/mol. The van der Waals surface area contributed by atoms with Gasteiger partial charge in [0.1, 0.15) is 11.6 Å². The molecule has 0 radical (unpaired) electrons. The molecule has 10 heteroatoms. The molecule has 6 nitrogen and oxygen atoms in total. The molecule has 3 heterocycles. The van der Waals surface area contributed by atoms with E-state index in [9.17, 15) is 19.1 Å². The number of thiazole rings is 1. The van der Waals surface area contributed by atoms with E-state index in [1.165, 1.54) is 23.2 Å². The minimum Gasteiger partial charge on any atom is -0.507 e. The van der Waals surface area contributed by atoms with Crippen LogP contribution in [-0.4, -0.2) is 26.8 Å². The average molecular weight is 545 g/mol. The fourth-order valence-electron chi connectivity index (χ4n) is 3.66. The van der Waals surface area contributed by atoms with Crippen molar-refractivity contribution in [1.29, 1.82) is 0 Å². The Morgan fingerprint density at radius 1 is 1.18 bits per heavy atom. The lowest BCUT2D eigenvalue weighted by molar-refractivity contribution is -0.132. The van der Waals surface area contributed by atoms with Crippen LogP contribution in [0.2, 0.25) is 5.02 Å². The van der Waals surface area contributed by atoms with E-state index < -0.39 is 23.5 Å². The van der Waals surface area contributed by atoms with Crippen molar-refractivity contribution in [1.82, 2.24) is 9.97 Å². The van der Waals surface area contributed by atoms with E-state index in [1.807, 2.05) is 0 Å². The predicted octanol–water partition coefficient (Wildman–Crippen LogP) is 5.87. The second kappa shape index (κ2) is 8.33. The van der Waals surface area contributed by atoms with E-state index in [2.05, 4.69) is 25.9 Å². The number of aromatic nitrogens is 2. The number of ketones is 1. The number of aliphatic hydroxyl groups excluding tert-OH is 1. The molecule has 2 aromatic heterocycles. The Morgan fingerprint density at radius 3 is 2.64 bits per heavy atom. The van der Waals surface area contributed by atoms with Crippen molar-refractivity contribution in [3.05, 3.63) is 92.9 Å². The van der Waals surface area contributed by atoms with Crippen LogP contribution in [0.3, 0.4) is 0 Å². The van der Waals surface area contributed by atoms with Gasteiger partial charge in [0.15, 0.2) is 5.13 Å². The molecule has 5 rings (SSSR count). The number of fused-ring (bicyclic) bond motifs is 1. The molecule has 1 fully saturated rings. The van der Waals surface area contributed by atoms with Gasteiger partial charge in [0.05, 0.1) is 26.9 Å². The molecule has 1 aliphatic rings. The maximum absolute atomic E-state index is 14.0. The molecule has 1 atom stereocenters. The van der Waals surface area contributed by atoms with Gasteiger partial charge in [0.2, 0.25) is 0 Å². The first-order chi connectivity index (χ1) is 15.8. The van der Waals surface area contributed by atoms with Crippen molar-refractivity contribution in [2.24, 2.45) is 0 Å². The number of anilines is 1. The van der Waals surface area contributed by atoms with E-state index >= 15 is 0 Å². The van der Waals surface area contributed by atoms with Gasteiger partial charge in [-0.15, -0.1) is 0 Å². The summed E-state index contributed by atoms with van der Waals surface area (Å²) in [4.78, 5) is 36.0. The molecule has 0 bridgehead atoms. The Balaban J connectivity index is 1.72. The van der Waals surface area contributed by atoms with Crippen molar-refractivity contribution >= 4 is 71.7 Å². The maximum atomic E-state index is 14.0. The van der Waals surface area contributed by atoms with Gasteiger partial charge in [-0.25, -0.2) is 9.37 Å². The van der Waals surface area contributed by atoms with Gasteiger partial charge < -0.3 is 5.11 Å². The highest BCUT2D eigenvalue weighted by Crippen LogP contribution is 2.44. The lowest BCUT2D eigenvalue weighted by Gasteiger charge is -2.22. The number of carbonyl (C=O) groups excluding carboxylic acids is 2. The number of Topliss-reactive ketones (excluding diaryl/α,β-unsaturated/α-hetero) is 1. The van der Waals surface area contributed by atoms with Crippen LogP contribution in [-0.2, 0) is 9.59 Å². The van der Waals surface area contributed by atoms with Crippen LogP contribution in [0.25, 0.3) is 16.0 Å². The smallest absolute Gasteiger partial charge is 0.301 e. The Kier molecular flexibility index (Phi) is 5.48. The highest BCUT2D eigenvalue weighted by Gasteiger charge is 2.48. The minimum absolute atomic E-state index is 0.0845. The van der Waals surface area contributed by atoms with E-state index in [1.54, 1.807) is 42.6 Å². The van der Waals surface area contributed by atoms with Crippen molar-refractivity contribution in [2.45, 2.75) is 6.04 Å². The molecule has 0 spiro atoms. The minimum atomic E-state index is -0.969. The summed E-state index contributed by atoms with van der Waals surface area (Å²) in [6.45, 7) is 0. The van der Waals surface area contributed by atoms with Gasteiger partial charge in [-0.05, 0) is 35.9 Å². The maximum Gasteiger partial charge on any atom is 0.301 e. The quantitative estimate of drug-likeness (QED) is 0.198. The summed E-state index contributed by atoms with van der Waals surface area (Å²) >= 11 is 10.3. The van der Waals surface area contributed by atoms with Crippen LogP contribution in [0, 0.1) is 5.82 Å². The molecule has 33 heavy (non-hydrogen) atoms. The third kappa shape index (κ3) is 3.72. The molecular weight excluding hydrogens is 533 g/mol. The van der Waals surface area contributed by atoms with Crippen LogP contribution in [0.4, 0.5) is 9.52 Å². The monoisotopic (exact) mass is 543 g/mol. The second-order valence-corrected chi connectivity index (χ2v) is 9.52. The van der Waals surface area contributed by atoms with Gasteiger partial charge in [-0.3, -0.25) is 19.5 Å². The highest BCUT2D eigenvalue weighted by molar-refractivity contribution is 9.10. The Morgan fingerprint density at radius 2 is 1.94 bits per heavy atom. The number of amides is 1. The third-order valence-electron chi connectivity index (χ3n) is 5.19. The lowest BCUT2D eigenvalue weighted by atomic mass is 9.96. The molecule has 1 saturated heterocycles. The van der Waals surface area contributed by atoms with Crippen LogP contribution >= 0.6 is 38.9 Å². The van der Waals surface area contributed by atoms with E-state index in [0.29, 0.717) is 21.3 Å². The number of halogens is 3. The standard InChI is InChI=1S/C23H12BrClFN3O3S/c24-13-5-3-11(4-6-13)20(30)18-19(12-2-1-7-27-10-12)29(22(32)21(18)31)23-28-16-8-14(25)15(26)9-17(16)33-23/h1-10,19,30H/b20-18+. The van der Waals surface area contributed by atoms with E-state index in [4.69, 9.17) is 11.6 Å². The summed E-state index contributed by atoms with van der Waals surface area (Å²) in [5, 5.41) is 11.1.